The number of benzene rings is 1. The molecule has 1 aliphatic carbocycles. The molecule has 4 rings (SSSR count). The molecule has 1 aromatic carbocycles. The highest BCUT2D eigenvalue weighted by atomic mass is 32.1. The minimum Gasteiger partial charge on any atom is -0.376 e. The lowest BCUT2D eigenvalue weighted by molar-refractivity contribution is -0.120. The molecule has 0 spiro atoms. The highest BCUT2D eigenvalue weighted by Gasteiger charge is 2.36. The number of nitrogens with zero attached hydrogens (tertiary/aromatic N) is 2. The molecule has 116 valence electrons. The fourth-order valence-electron chi connectivity index (χ4n) is 2.99. The minimum absolute atomic E-state index is 0.163. The van der Waals surface area contributed by atoms with E-state index in [1.165, 1.54) is 0 Å². The quantitative estimate of drug-likeness (QED) is 0.866. The Morgan fingerprint density at radius 2 is 2.27 bits per heavy atom. The number of carbonyl (C=O) groups excluding carboxylic acids is 1. The van der Waals surface area contributed by atoms with Crippen molar-refractivity contribution in [3.8, 4) is 0 Å². The minimum atomic E-state index is 0.163. The van der Waals surface area contributed by atoms with Gasteiger partial charge in [-0.25, -0.2) is 4.98 Å². The van der Waals surface area contributed by atoms with Crippen molar-refractivity contribution in [2.24, 2.45) is 5.92 Å². The third-order valence-corrected chi connectivity index (χ3v) is 5.49. The van der Waals surface area contributed by atoms with Crippen molar-refractivity contribution in [3.05, 3.63) is 23.8 Å². The Morgan fingerprint density at radius 3 is 2.95 bits per heavy atom. The van der Waals surface area contributed by atoms with Crippen molar-refractivity contribution in [2.75, 3.05) is 18.1 Å². The monoisotopic (exact) mass is 316 g/mol. The van der Waals surface area contributed by atoms with Gasteiger partial charge in [-0.15, -0.1) is 0 Å². The van der Waals surface area contributed by atoms with E-state index < -0.39 is 0 Å². The van der Waals surface area contributed by atoms with Crippen LogP contribution in [0.5, 0.6) is 0 Å². The summed E-state index contributed by atoms with van der Waals surface area (Å²) in [6.07, 6.45) is 4.33. The molecule has 0 radical (unpaired) electrons. The average Bonchev–Trinajstić information content (AvgIpc) is 3.06. The van der Waals surface area contributed by atoms with Crippen LogP contribution in [0, 0.1) is 12.8 Å². The number of thiazole rings is 1. The Kier molecular flexibility index (Phi) is 3.62. The van der Waals surface area contributed by atoms with Gasteiger partial charge in [0.05, 0.1) is 22.9 Å². The number of para-hydroxylation sites is 1. The molecule has 22 heavy (non-hydrogen) atoms. The van der Waals surface area contributed by atoms with Crippen LogP contribution in [0.15, 0.2) is 18.2 Å². The molecule has 0 bridgehead atoms. The first kappa shape index (κ1) is 14.2. The molecule has 1 aliphatic heterocycles. The molecule has 1 saturated carbocycles. The molecule has 1 amide bonds. The van der Waals surface area contributed by atoms with Gasteiger partial charge in [-0.3, -0.25) is 9.69 Å². The van der Waals surface area contributed by atoms with Crippen LogP contribution in [0.3, 0.4) is 0 Å². The largest absolute Gasteiger partial charge is 0.376 e. The number of anilines is 1. The van der Waals surface area contributed by atoms with E-state index in [4.69, 9.17) is 9.72 Å². The highest BCUT2D eigenvalue weighted by Crippen LogP contribution is 2.36. The maximum atomic E-state index is 12.7. The van der Waals surface area contributed by atoms with Crippen LogP contribution in [-0.4, -0.2) is 30.1 Å². The molecule has 1 saturated heterocycles. The Labute approximate surface area is 134 Å². The van der Waals surface area contributed by atoms with Crippen LogP contribution in [0.4, 0.5) is 5.13 Å². The number of aromatic nitrogens is 1. The van der Waals surface area contributed by atoms with Crippen molar-refractivity contribution < 1.29 is 9.53 Å². The topological polar surface area (TPSA) is 42.4 Å². The Hall–Kier alpha value is -1.46. The number of hydrogen-bond acceptors (Lipinski definition) is 4. The summed E-state index contributed by atoms with van der Waals surface area (Å²) >= 11 is 1.61. The number of rotatable bonds is 4. The molecule has 1 atom stereocenters. The first-order chi connectivity index (χ1) is 10.7. The zero-order valence-corrected chi connectivity index (χ0v) is 13.6. The SMILES string of the molecule is Cc1cccc2sc(N(CC3CCCO3)C(=O)C3CC3)nc12. The maximum absolute atomic E-state index is 12.7. The van der Waals surface area contributed by atoms with Gasteiger partial charge in [0.2, 0.25) is 5.91 Å². The van der Waals surface area contributed by atoms with Crippen molar-refractivity contribution >= 4 is 32.6 Å². The second-order valence-electron chi connectivity index (χ2n) is 6.28. The second-order valence-corrected chi connectivity index (χ2v) is 7.29. The third kappa shape index (κ3) is 2.63. The van der Waals surface area contributed by atoms with Gasteiger partial charge in [0.15, 0.2) is 5.13 Å². The lowest BCUT2D eigenvalue weighted by Gasteiger charge is -2.23. The Bertz CT molecular complexity index is 702. The number of fused-ring (bicyclic) bond motifs is 1. The lowest BCUT2D eigenvalue weighted by atomic mass is 10.2. The highest BCUT2D eigenvalue weighted by molar-refractivity contribution is 7.22. The molecule has 4 nitrogen and oxygen atoms in total. The summed E-state index contributed by atoms with van der Waals surface area (Å²) in [7, 11) is 0. The van der Waals surface area contributed by atoms with Gasteiger partial charge < -0.3 is 4.74 Å². The van der Waals surface area contributed by atoms with E-state index in [9.17, 15) is 4.79 Å². The number of hydrogen-bond donors (Lipinski definition) is 0. The van der Waals surface area contributed by atoms with Crippen LogP contribution >= 0.6 is 11.3 Å². The van der Waals surface area contributed by atoms with Gasteiger partial charge >= 0.3 is 0 Å². The molecule has 2 aromatic rings. The summed E-state index contributed by atoms with van der Waals surface area (Å²) in [5.41, 5.74) is 2.18. The van der Waals surface area contributed by atoms with Crippen molar-refractivity contribution in [1.82, 2.24) is 4.98 Å². The fourth-order valence-corrected chi connectivity index (χ4v) is 4.05. The summed E-state index contributed by atoms with van der Waals surface area (Å²) in [6.45, 7) is 3.53. The molecule has 2 heterocycles. The van der Waals surface area contributed by atoms with E-state index in [1.807, 2.05) is 11.0 Å². The smallest absolute Gasteiger partial charge is 0.231 e. The number of ether oxygens (including phenoxy) is 1. The summed E-state index contributed by atoms with van der Waals surface area (Å²) in [4.78, 5) is 19.3. The molecule has 1 aromatic heterocycles. The number of aryl methyl sites for hydroxylation is 1. The zero-order chi connectivity index (χ0) is 15.1. The lowest BCUT2D eigenvalue weighted by Crippen LogP contribution is -2.38. The van der Waals surface area contributed by atoms with Crippen LogP contribution in [0.25, 0.3) is 10.2 Å². The van der Waals surface area contributed by atoms with E-state index in [-0.39, 0.29) is 17.9 Å². The summed E-state index contributed by atoms with van der Waals surface area (Å²) < 4.78 is 6.89. The average molecular weight is 316 g/mol. The van der Waals surface area contributed by atoms with E-state index in [0.29, 0.717) is 6.54 Å². The van der Waals surface area contributed by atoms with Crippen LogP contribution in [0.1, 0.15) is 31.2 Å². The van der Waals surface area contributed by atoms with Crippen LogP contribution in [-0.2, 0) is 9.53 Å². The van der Waals surface area contributed by atoms with Gasteiger partial charge in [-0.2, -0.15) is 0 Å². The van der Waals surface area contributed by atoms with E-state index in [2.05, 4.69) is 19.1 Å². The first-order valence-electron chi connectivity index (χ1n) is 8.01. The molecule has 1 unspecified atom stereocenters. The van der Waals surface area contributed by atoms with E-state index in [0.717, 1.165) is 53.2 Å². The Morgan fingerprint density at radius 1 is 1.41 bits per heavy atom. The van der Waals surface area contributed by atoms with Crippen molar-refractivity contribution in [3.63, 3.8) is 0 Å². The molecular weight excluding hydrogens is 296 g/mol. The fraction of sp³-hybridized carbons (Fsp3) is 0.529. The summed E-state index contributed by atoms with van der Waals surface area (Å²) in [5, 5.41) is 0.830. The van der Waals surface area contributed by atoms with Gasteiger partial charge in [0.1, 0.15) is 0 Å². The molecule has 2 fully saturated rings. The Balaban J connectivity index is 1.67. The van der Waals surface area contributed by atoms with Crippen LogP contribution in [0.2, 0.25) is 0 Å². The summed E-state index contributed by atoms with van der Waals surface area (Å²) in [5.74, 6) is 0.432. The molecule has 5 heteroatoms. The van der Waals surface area contributed by atoms with Gasteiger partial charge in [0, 0.05) is 12.5 Å². The zero-order valence-electron chi connectivity index (χ0n) is 12.7. The standard InChI is InChI=1S/C17H20N2O2S/c1-11-4-2-6-14-15(11)18-17(22-14)19(16(20)12-7-8-12)10-13-5-3-9-21-13/h2,4,6,12-13H,3,5,7-10H2,1H3. The molecular formula is C17H20N2O2S. The number of amides is 1. The van der Waals surface area contributed by atoms with Crippen molar-refractivity contribution in [2.45, 2.75) is 38.7 Å². The van der Waals surface area contributed by atoms with Gasteiger partial charge in [-0.05, 0) is 44.2 Å². The van der Waals surface area contributed by atoms with Gasteiger partial charge in [0.25, 0.3) is 0 Å². The normalized spacial score (nSPS) is 21.4. The second kappa shape index (κ2) is 5.63. The van der Waals surface area contributed by atoms with Crippen LogP contribution < -0.4 is 4.90 Å². The first-order valence-corrected chi connectivity index (χ1v) is 8.83. The van der Waals surface area contributed by atoms with Crippen molar-refractivity contribution in [1.29, 1.82) is 0 Å². The molecule has 0 N–H and O–H groups in total. The van der Waals surface area contributed by atoms with E-state index in [1.54, 1.807) is 11.3 Å². The summed E-state index contributed by atoms with van der Waals surface area (Å²) in [6, 6.07) is 6.20. The molecule has 2 aliphatic rings. The maximum Gasteiger partial charge on any atom is 0.231 e. The third-order valence-electron chi connectivity index (χ3n) is 4.44. The van der Waals surface area contributed by atoms with E-state index >= 15 is 0 Å². The number of carbonyl (C=O) groups is 1. The van der Waals surface area contributed by atoms with Gasteiger partial charge in [-0.1, -0.05) is 23.5 Å². The predicted octanol–water partition coefficient (Wildman–Crippen LogP) is 3.53. The predicted molar refractivity (Wildman–Crippen MR) is 88.4 cm³/mol.